The predicted octanol–water partition coefficient (Wildman–Crippen LogP) is 15.2. The molecule has 83 heavy (non-hydrogen) atoms. The van der Waals surface area contributed by atoms with Crippen molar-refractivity contribution >= 4 is 61.7 Å². The molecule has 0 radical (unpaired) electrons. The average Bonchev–Trinajstić information content (AvgIpc) is 0.879. The normalized spacial score (nSPS) is 15.1. The number of nitrogens with zero attached hydrogens (tertiary/aromatic N) is 4. The first kappa shape index (κ1) is 34.7. The number of para-hydroxylation sites is 3. The van der Waals surface area contributed by atoms with Crippen molar-refractivity contribution < 1.29 is 56.4 Å². The van der Waals surface area contributed by atoms with Crippen molar-refractivity contribution in [3.63, 3.8) is 0 Å². The maximum absolute atomic E-state index is 11.0. The predicted molar refractivity (Wildman–Crippen MR) is 338 cm³/mol. The third-order valence-electron chi connectivity index (χ3n) is 15.2. The number of benzene rings is 11. The zero-order valence-corrected chi connectivity index (χ0v) is 47.8. The van der Waals surface area contributed by atoms with Crippen molar-refractivity contribution in [1.82, 2.24) is 14.1 Å². The Labute approximate surface area is 526 Å². The third kappa shape index (κ3) is 8.63. The van der Waals surface area contributed by atoms with Crippen LogP contribution in [0.25, 0.3) is 94.5 Å². The van der Waals surface area contributed by atoms with E-state index in [-0.39, 0.29) is 37.7 Å². The molecule has 1 aliphatic heterocycles. The summed E-state index contributed by atoms with van der Waals surface area (Å²) >= 11 is 0. The molecule has 3 aromatic heterocycles. The molecule has 400 valence electrons. The van der Waals surface area contributed by atoms with Gasteiger partial charge in [-0.05, 0) is 106 Å². The zero-order chi connectivity index (χ0) is 71.5. The molecule has 0 atom stereocenters. The molecule has 4 heterocycles. The standard InChI is InChI=1S/C76H54N4OSi.Pt/c1-76(2,3)53-45-46-77-73(48-53)80-70-41-18-17-37-66(70)67-44-43-56(50-72(67)80)81-55-25-20-24-54(49-55)78-51-79-74-61(38-21-39-68(74)64-35-15-13-33-62(64)63-34-14-16-36-65(63)69-40-22-42-71(78)75(69)79)52-23-19-32-60(47-52)82(57-26-7-4-8-27-57,58-28-9-5-10-29-58)59-30-11-6-12-31-59;/h4-48H,1-3H3;/q-2;/i4D,5D,6D,7D,8D,9D,10D,11D,12D,19D,23D,26D,27D,28D,29D,30D,31D,32D,47D;. The Kier molecular flexibility index (Phi) is 8.72. The summed E-state index contributed by atoms with van der Waals surface area (Å²) in [5, 5.41) is -1.80. The molecule has 11 aromatic carbocycles. The molecule has 0 amide bonds. The molecule has 0 fully saturated rings. The molecule has 0 unspecified atom stereocenters. The Bertz CT molecular complexity index is 5720. The van der Waals surface area contributed by atoms with Crippen LogP contribution >= 0.6 is 0 Å². The van der Waals surface area contributed by atoms with E-state index in [9.17, 15) is 21.9 Å². The first-order valence-electron chi connectivity index (χ1n) is 36.0. The van der Waals surface area contributed by atoms with Gasteiger partial charge in [0, 0.05) is 44.3 Å². The van der Waals surface area contributed by atoms with E-state index >= 15 is 0 Å². The van der Waals surface area contributed by atoms with Gasteiger partial charge >= 0.3 is 0 Å². The van der Waals surface area contributed by atoms with E-state index in [1.807, 2.05) is 121 Å². The van der Waals surface area contributed by atoms with Crippen molar-refractivity contribution in [2.75, 3.05) is 0 Å². The molecule has 14 aromatic rings. The SMILES string of the molecule is [2H]c1c([2H])c([2H])c([Si](c2c([2H])c([2H])c([2H])c([2H])c2[2H])(c2c([2H])c([2H])c([2H])c([2H])c2[2H])c2c([2H])c([2H])c([2H])c(-c3cccc4c3-[n+]3[c-]n(-c5[c-]c(Oc6[c-]c7c(cc6)c6ccccc6n7-c6cc(C(C)(C)C)ccn6)ccc5)c5cccc(c53)-c3ccccc3-c3ccccc3-4)c2[2H])c([2H])c1[2H].[Pt]. The number of fused-ring (bicyclic) bond motifs is 10. The van der Waals surface area contributed by atoms with Crippen molar-refractivity contribution in [3.05, 3.63) is 297 Å². The van der Waals surface area contributed by atoms with Crippen LogP contribution in [0.2, 0.25) is 0 Å². The molecule has 0 saturated carbocycles. The molecule has 7 heteroatoms. The number of aromatic nitrogens is 4. The summed E-state index contributed by atoms with van der Waals surface area (Å²) in [4.78, 5) is 4.85. The van der Waals surface area contributed by atoms with Gasteiger partial charge < -0.3 is 13.9 Å². The molecule has 0 bridgehead atoms. The fourth-order valence-corrected chi connectivity index (χ4v) is 15.0. The summed E-state index contributed by atoms with van der Waals surface area (Å²) in [5.41, 5.74) is 7.91. The van der Waals surface area contributed by atoms with E-state index in [4.69, 9.17) is 13.8 Å². The minimum atomic E-state index is -6.24. The van der Waals surface area contributed by atoms with Crippen molar-refractivity contribution in [1.29, 1.82) is 0 Å². The van der Waals surface area contributed by atoms with Crippen LogP contribution in [0.3, 0.4) is 0 Å². The summed E-state index contributed by atoms with van der Waals surface area (Å²) in [7, 11) is -6.24. The van der Waals surface area contributed by atoms with Gasteiger partial charge in [0.05, 0.1) is 42.8 Å². The Hall–Kier alpha value is -9.45. The minimum absolute atomic E-state index is 0. The summed E-state index contributed by atoms with van der Waals surface area (Å²) < 4.78 is 194. The number of ether oxygens (including phenoxy) is 1. The molecule has 1 aliphatic rings. The van der Waals surface area contributed by atoms with Gasteiger partial charge in [0.1, 0.15) is 5.82 Å². The maximum atomic E-state index is 11.0. The van der Waals surface area contributed by atoms with E-state index in [1.54, 1.807) is 33.4 Å². The molecule has 0 aliphatic carbocycles. The quantitative estimate of drug-likeness (QED) is 0.0625. The first-order valence-corrected chi connectivity index (χ1v) is 28.5. The first-order chi connectivity index (χ1) is 48.2. The van der Waals surface area contributed by atoms with Crippen molar-refractivity contribution in [3.8, 4) is 73.2 Å². The maximum Gasteiger partial charge on any atom is 0.268 e. The van der Waals surface area contributed by atoms with Gasteiger partial charge in [0.2, 0.25) is 0 Å². The van der Waals surface area contributed by atoms with Gasteiger partial charge in [-0.25, -0.2) is 4.98 Å². The monoisotopic (exact) mass is 1280 g/mol. The van der Waals surface area contributed by atoms with E-state index in [1.165, 1.54) is 0 Å². The second-order valence-electron chi connectivity index (χ2n) is 20.8. The molecule has 0 N–H and O–H groups in total. The summed E-state index contributed by atoms with van der Waals surface area (Å²) in [6, 6.07) is 34.9. The Morgan fingerprint density at radius 1 is 0.506 bits per heavy atom. The van der Waals surface area contributed by atoms with Crippen LogP contribution in [-0.4, -0.2) is 22.2 Å². The second kappa shape index (κ2) is 20.8. The van der Waals surface area contributed by atoms with Gasteiger partial charge in [-0.15, -0.1) is 29.7 Å². The third-order valence-corrected chi connectivity index (χ3v) is 19.2. The Balaban J connectivity index is 0.00000882. The largest absolute Gasteiger partial charge is 0.510 e. The Morgan fingerprint density at radius 2 is 1.06 bits per heavy atom. The fourth-order valence-electron chi connectivity index (χ4n) is 11.5. The van der Waals surface area contributed by atoms with Crippen LogP contribution in [0.15, 0.2) is 273 Å². The van der Waals surface area contributed by atoms with E-state index in [2.05, 4.69) is 55.9 Å². The van der Waals surface area contributed by atoms with E-state index in [0.717, 1.165) is 44.1 Å². The topological polar surface area (TPSA) is 35.9 Å². The second-order valence-corrected chi connectivity index (χ2v) is 24.3. The molecule has 0 saturated heterocycles. The van der Waals surface area contributed by atoms with Crippen LogP contribution in [0.5, 0.6) is 11.5 Å². The van der Waals surface area contributed by atoms with Gasteiger partial charge in [0.25, 0.3) is 6.33 Å². The number of hydrogen-bond donors (Lipinski definition) is 0. The summed E-state index contributed by atoms with van der Waals surface area (Å²) in [5.74, 6) is 1.38. The van der Waals surface area contributed by atoms with Crippen LogP contribution in [-0.2, 0) is 26.5 Å². The number of imidazole rings is 1. The fraction of sp³-hybridized carbons (Fsp3) is 0.0526. The van der Waals surface area contributed by atoms with E-state index in [0.29, 0.717) is 50.7 Å². The smallest absolute Gasteiger partial charge is 0.268 e. The van der Waals surface area contributed by atoms with Crippen LogP contribution in [0.4, 0.5) is 0 Å². The van der Waals surface area contributed by atoms with Crippen molar-refractivity contribution in [2.24, 2.45) is 0 Å². The van der Waals surface area contributed by atoms with E-state index < -0.39 is 149 Å². The molecule has 5 nitrogen and oxygen atoms in total. The van der Waals surface area contributed by atoms with Crippen LogP contribution < -0.4 is 30.1 Å². The Morgan fingerprint density at radius 3 is 1.75 bits per heavy atom. The summed E-state index contributed by atoms with van der Waals surface area (Å²) in [6.45, 7) is 6.45. The number of pyridine rings is 1. The summed E-state index contributed by atoms with van der Waals surface area (Å²) in [6.07, 6.45) is 5.44. The molecular formula is C76H54N4OPtSi-2. The molecular weight excluding hydrogens is 1210 g/mol. The average molecular weight is 1280 g/mol. The number of hydrogen-bond acceptors (Lipinski definition) is 2. The van der Waals surface area contributed by atoms with Gasteiger partial charge in [0.15, 0.2) is 8.07 Å². The zero-order valence-electron chi connectivity index (χ0n) is 63.5. The molecule has 15 rings (SSSR count). The number of rotatable bonds is 9. The van der Waals surface area contributed by atoms with Crippen LogP contribution in [0.1, 0.15) is 52.4 Å². The minimum Gasteiger partial charge on any atom is -0.510 e. The van der Waals surface area contributed by atoms with Crippen molar-refractivity contribution in [2.45, 2.75) is 26.2 Å². The van der Waals surface area contributed by atoms with Gasteiger partial charge in [-0.2, -0.15) is 18.2 Å². The van der Waals surface area contributed by atoms with Crippen LogP contribution in [0, 0.1) is 18.5 Å². The molecule has 0 spiro atoms. The van der Waals surface area contributed by atoms with Gasteiger partial charge in [-0.3, -0.25) is 4.57 Å². The van der Waals surface area contributed by atoms with Gasteiger partial charge in [-0.1, -0.05) is 244 Å².